The molecule has 0 fully saturated rings. The molecule has 0 saturated carbocycles. The van der Waals surface area contributed by atoms with Gasteiger partial charge in [0.1, 0.15) is 12.3 Å². The van der Waals surface area contributed by atoms with E-state index in [0.717, 1.165) is 26.2 Å². The molecule has 6 nitrogen and oxygen atoms in total. The van der Waals surface area contributed by atoms with E-state index in [9.17, 15) is 13.2 Å². The van der Waals surface area contributed by atoms with E-state index >= 15 is 0 Å². The summed E-state index contributed by atoms with van der Waals surface area (Å²) in [5, 5.41) is 5.24. The number of halogens is 1. The third-order valence-electron chi connectivity index (χ3n) is 5.62. The lowest BCUT2D eigenvalue weighted by Crippen LogP contribution is -2.40. The van der Waals surface area contributed by atoms with Crippen LogP contribution in [-0.2, 0) is 21.4 Å². The van der Waals surface area contributed by atoms with Crippen molar-refractivity contribution >= 4 is 44.0 Å². The number of nitrogens with zero attached hydrogens (tertiary/aromatic N) is 1. The van der Waals surface area contributed by atoms with E-state index in [2.05, 4.69) is 5.32 Å². The highest BCUT2D eigenvalue weighted by Crippen LogP contribution is 2.32. The first kappa shape index (κ1) is 24.6. The third-order valence-corrected chi connectivity index (χ3v) is 7.71. The number of sulfonamides is 1. The molecular formula is C27H25ClN2O4S. The average Bonchev–Trinajstić information content (AvgIpc) is 2.86. The zero-order valence-electron chi connectivity index (χ0n) is 19.4. The lowest BCUT2D eigenvalue weighted by molar-refractivity contribution is -0.119. The van der Waals surface area contributed by atoms with Gasteiger partial charge in [0.25, 0.3) is 10.0 Å². The molecule has 180 valence electrons. The van der Waals surface area contributed by atoms with Crippen molar-refractivity contribution < 1.29 is 17.9 Å². The summed E-state index contributed by atoms with van der Waals surface area (Å²) in [7, 11) is -2.57. The van der Waals surface area contributed by atoms with E-state index in [4.69, 9.17) is 16.3 Å². The summed E-state index contributed by atoms with van der Waals surface area (Å²) in [6.45, 7) is 1.73. The number of ether oxygens (including phenoxy) is 1. The van der Waals surface area contributed by atoms with Gasteiger partial charge in [-0.15, -0.1) is 0 Å². The van der Waals surface area contributed by atoms with Crippen LogP contribution in [0.4, 0.5) is 5.69 Å². The van der Waals surface area contributed by atoms with Gasteiger partial charge < -0.3 is 10.1 Å². The minimum absolute atomic E-state index is 0.0809. The van der Waals surface area contributed by atoms with Crippen LogP contribution in [0, 0.1) is 6.92 Å². The van der Waals surface area contributed by atoms with E-state index in [0.29, 0.717) is 5.75 Å². The van der Waals surface area contributed by atoms with Crippen LogP contribution < -0.4 is 14.4 Å². The number of hydrogen-bond acceptors (Lipinski definition) is 4. The minimum Gasteiger partial charge on any atom is -0.495 e. The van der Waals surface area contributed by atoms with Crippen LogP contribution in [-0.4, -0.2) is 28.0 Å². The maximum absolute atomic E-state index is 13.5. The number of methoxy groups -OCH3 is 1. The second kappa shape index (κ2) is 10.4. The standard InChI is InChI=1S/C27H25ClN2O4S/c1-19-7-12-24(13-8-19)35(32,33)30(23-11-14-26(34-2)25(28)16-23)18-27(31)29-17-20-9-10-21-5-3-4-6-22(21)15-20/h3-16H,17-18H2,1-2H3,(H,29,31). The molecule has 0 atom stereocenters. The molecule has 0 aliphatic rings. The molecule has 1 amide bonds. The molecule has 0 aliphatic carbocycles. The summed E-state index contributed by atoms with van der Waals surface area (Å²) < 4.78 is 33.3. The molecule has 4 aromatic carbocycles. The van der Waals surface area contributed by atoms with Crippen molar-refractivity contribution in [2.24, 2.45) is 0 Å². The quantitative estimate of drug-likeness (QED) is 0.349. The summed E-state index contributed by atoms with van der Waals surface area (Å²) in [5.74, 6) is -0.0374. The average molecular weight is 509 g/mol. The highest BCUT2D eigenvalue weighted by molar-refractivity contribution is 7.92. The Morgan fingerprint density at radius 3 is 2.34 bits per heavy atom. The van der Waals surface area contributed by atoms with Crippen LogP contribution in [0.2, 0.25) is 5.02 Å². The van der Waals surface area contributed by atoms with Gasteiger partial charge in [-0.1, -0.05) is 65.7 Å². The van der Waals surface area contributed by atoms with Gasteiger partial charge in [0.15, 0.2) is 0 Å². The van der Waals surface area contributed by atoms with Crippen LogP contribution in [0.3, 0.4) is 0 Å². The minimum atomic E-state index is -4.04. The molecule has 4 rings (SSSR count). The highest BCUT2D eigenvalue weighted by Gasteiger charge is 2.27. The molecule has 4 aromatic rings. The van der Waals surface area contributed by atoms with Crippen LogP contribution in [0.5, 0.6) is 5.75 Å². The van der Waals surface area contributed by atoms with Gasteiger partial charge in [-0.25, -0.2) is 8.42 Å². The number of carbonyl (C=O) groups excluding carboxylic acids is 1. The van der Waals surface area contributed by atoms with Crippen LogP contribution in [0.25, 0.3) is 10.8 Å². The van der Waals surface area contributed by atoms with Crippen molar-refractivity contribution in [1.82, 2.24) is 5.32 Å². The number of hydrogen-bond donors (Lipinski definition) is 1. The van der Waals surface area contributed by atoms with Crippen molar-refractivity contribution in [3.8, 4) is 5.75 Å². The van der Waals surface area contributed by atoms with E-state index in [-0.39, 0.29) is 22.2 Å². The van der Waals surface area contributed by atoms with Gasteiger partial charge in [-0.05, 0) is 59.7 Å². The Labute approximate surface area is 210 Å². The predicted molar refractivity (Wildman–Crippen MR) is 140 cm³/mol. The molecule has 0 unspecified atom stereocenters. The van der Waals surface area contributed by atoms with Crippen molar-refractivity contribution in [3.63, 3.8) is 0 Å². The highest BCUT2D eigenvalue weighted by atomic mass is 35.5. The Morgan fingerprint density at radius 2 is 1.66 bits per heavy atom. The van der Waals surface area contributed by atoms with Crippen molar-refractivity contribution in [1.29, 1.82) is 0 Å². The maximum Gasteiger partial charge on any atom is 0.264 e. The zero-order valence-corrected chi connectivity index (χ0v) is 20.9. The fraction of sp³-hybridized carbons (Fsp3) is 0.148. The number of carbonyl (C=O) groups is 1. The number of nitrogens with one attached hydrogen (secondary N) is 1. The molecule has 1 N–H and O–H groups in total. The Bertz CT molecular complexity index is 1470. The monoisotopic (exact) mass is 508 g/mol. The van der Waals surface area contributed by atoms with Crippen molar-refractivity contribution in [3.05, 3.63) is 101 Å². The summed E-state index contributed by atoms with van der Waals surface area (Å²) >= 11 is 6.27. The van der Waals surface area contributed by atoms with E-state index in [1.54, 1.807) is 24.3 Å². The molecule has 8 heteroatoms. The topological polar surface area (TPSA) is 75.7 Å². The number of rotatable bonds is 8. The molecule has 0 bridgehead atoms. The number of fused-ring (bicyclic) bond motifs is 1. The van der Waals surface area contributed by atoms with Gasteiger partial charge in [0, 0.05) is 6.54 Å². The lowest BCUT2D eigenvalue weighted by Gasteiger charge is -2.24. The molecule has 0 saturated heterocycles. The Hall–Kier alpha value is -3.55. The largest absolute Gasteiger partial charge is 0.495 e. The van der Waals surface area contributed by atoms with Crippen LogP contribution in [0.15, 0.2) is 89.8 Å². The van der Waals surface area contributed by atoms with Gasteiger partial charge in [-0.3, -0.25) is 9.10 Å². The Morgan fingerprint density at radius 1 is 0.943 bits per heavy atom. The van der Waals surface area contributed by atoms with Gasteiger partial charge in [0.2, 0.25) is 5.91 Å². The molecular weight excluding hydrogens is 484 g/mol. The van der Waals surface area contributed by atoms with E-state index in [1.165, 1.54) is 25.3 Å². The Kier molecular flexibility index (Phi) is 7.28. The molecule has 35 heavy (non-hydrogen) atoms. The second-order valence-corrected chi connectivity index (χ2v) is 10.4. The number of aryl methyl sites for hydroxylation is 1. The summed E-state index contributed by atoms with van der Waals surface area (Å²) in [6.07, 6.45) is 0. The first-order valence-corrected chi connectivity index (χ1v) is 12.8. The van der Waals surface area contributed by atoms with E-state index in [1.807, 2.05) is 49.4 Å². The fourth-order valence-electron chi connectivity index (χ4n) is 3.70. The summed E-state index contributed by atoms with van der Waals surface area (Å²) in [5.41, 5.74) is 2.10. The zero-order chi connectivity index (χ0) is 25.0. The fourth-order valence-corrected chi connectivity index (χ4v) is 5.36. The van der Waals surface area contributed by atoms with E-state index < -0.39 is 22.5 Å². The summed E-state index contributed by atoms with van der Waals surface area (Å²) in [4.78, 5) is 13.0. The normalized spacial score (nSPS) is 11.3. The van der Waals surface area contributed by atoms with Crippen LogP contribution >= 0.6 is 11.6 Å². The molecule has 0 aliphatic heterocycles. The van der Waals surface area contributed by atoms with Gasteiger partial charge in [0.05, 0.1) is 22.7 Å². The number of anilines is 1. The molecule has 0 spiro atoms. The predicted octanol–water partition coefficient (Wildman–Crippen LogP) is 5.32. The maximum atomic E-state index is 13.5. The lowest BCUT2D eigenvalue weighted by atomic mass is 10.1. The SMILES string of the molecule is COc1ccc(N(CC(=O)NCc2ccc3ccccc3c2)S(=O)(=O)c2ccc(C)cc2)cc1Cl. The van der Waals surface area contributed by atoms with Crippen molar-refractivity contribution in [2.45, 2.75) is 18.4 Å². The molecule has 0 radical (unpaired) electrons. The van der Waals surface area contributed by atoms with Crippen molar-refractivity contribution in [2.75, 3.05) is 18.0 Å². The second-order valence-electron chi connectivity index (χ2n) is 8.10. The molecule has 0 heterocycles. The first-order valence-electron chi connectivity index (χ1n) is 11.0. The number of amides is 1. The summed E-state index contributed by atoms with van der Waals surface area (Å²) in [6, 6.07) is 25.0. The van der Waals surface area contributed by atoms with Crippen LogP contribution in [0.1, 0.15) is 11.1 Å². The molecule has 0 aromatic heterocycles. The first-order chi connectivity index (χ1) is 16.8. The smallest absolute Gasteiger partial charge is 0.264 e. The third kappa shape index (κ3) is 5.58. The van der Waals surface area contributed by atoms with Gasteiger partial charge >= 0.3 is 0 Å². The Balaban J connectivity index is 1.59. The number of benzene rings is 4. The van der Waals surface area contributed by atoms with Gasteiger partial charge in [-0.2, -0.15) is 0 Å².